The van der Waals surface area contributed by atoms with Crippen molar-refractivity contribution in [2.75, 3.05) is 0 Å². The zero-order chi connectivity index (χ0) is 18.8. The summed E-state index contributed by atoms with van der Waals surface area (Å²) in [4.78, 5) is 17.5. The number of hydrogen-bond donors (Lipinski definition) is 1. The molecule has 4 nitrogen and oxygen atoms in total. The highest BCUT2D eigenvalue weighted by Crippen LogP contribution is 2.23. The average Bonchev–Trinajstić information content (AvgIpc) is 3.05. The van der Waals surface area contributed by atoms with Gasteiger partial charge in [-0.05, 0) is 49.4 Å². The third-order valence-electron chi connectivity index (χ3n) is 5.60. The van der Waals surface area contributed by atoms with E-state index in [2.05, 4.69) is 46.1 Å². The molecule has 0 spiro atoms. The molecule has 4 rings (SSSR count). The van der Waals surface area contributed by atoms with Crippen LogP contribution < -0.4 is 5.32 Å². The van der Waals surface area contributed by atoms with Crippen molar-refractivity contribution in [2.45, 2.75) is 51.5 Å². The SMILES string of the molecule is Cc1ccc(Cc2cc(C(=O)NC3CCCCC3)nc3ccn(C)c23)cc1. The minimum Gasteiger partial charge on any atom is -0.349 e. The Labute approximate surface area is 160 Å². The highest BCUT2D eigenvalue weighted by atomic mass is 16.1. The highest BCUT2D eigenvalue weighted by molar-refractivity contribution is 5.95. The first-order valence-corrected chi connectivity index (χ1v) is 9.91. The quantitative estimate of drug-likeness (QED) is 0.742. The summed E-state index contributed by atoms with van der Waals surface area (Å²) in [6, 6.07) is 12.8. The molecule has 0 radical (unpaired) electrons. The van der Waals surface area contributed by atoms with Crippen LogP contribution >= 0.6 is 0 Å². The van der Waals surface area contributed by atoms with Gasteiger partial charge >= 0.3 is 0 Å². The Kier molecular flexibility index (Phi) is 4.97. The summed E-state index contributed by atoms with van der Waals surface area (Å²) in [6.45, 7) is 2.10. The maximum absolute atomic E-state index is 12.8. The Balaban J connectivity index is 1.65. The van der Waals surface area contributed by atoms with E-state index in [9.17, 15) is 4.79 Å². The van der Waals surface area contributed by atoms with Gasteiger partial charge in [0.2, 0.25) is 0 Å². The van der Waals surface area contributed by atoms with E-state index < -0.39 is 0 Å². The van der Waals surface area contributed by atoms with E-state index in [1.807, 2.05) is 25.4 Å². The van der Waals surface area contributed by atoms with Crippen LogP contribution in [0.2, 0.25) is 0 Å². The van der Waals surface area contributed by atoms with E-state index >= 15 is 0 Å². The van der Waals surface area contributed by atoms with E-state index in [0.29, 0.717) is 11.7 Å². The summed E-state index contributed by atoms with van der Waals surface area (Å²) in [5.74, 6) is -0.0437. The fraction of sp³-hybridized carbons (Fsp3) is 0.391. The Bertz CT molecular complexity index is 950. The van der Waals surface area contributed by atoms with Gasteiger partial charge in [0, 0.05) is 19.3 Å². The largest absolute Gasteiger partial charge is 0.349 e. The van der Waals surface area contributed by atoms with Crippen LogP contribution in [0.1, 0.15) is 59.3 Å². The summed E-state index contributed by atoms with van der Waals surface area (Å²) in [5, 5.41) is 3.20. The molecule has 2 aromatic heterocycles. The second-order valence-corrected chi connectivity index (χ2v) is 7.80. The van der Waals surface area contributed by atoms with Crippen LogP contribution in [0.25, 0.3) is 11.0 Å². The summed E-state index contributed by atoms with van der Waals surface area (Å²) >= 11 is 0. The normalized spacial score (nSPS) is 15.2. The van der Waals surface area contributed by atoms with Gasteiger partial charge in [-0.15, -0.1) is 0 Å². The smallest absolute Gasteiger partial charge is 0.270 e. The van der Waals surface area contributed by atoms with Crippen molar-refractivity contribution < 1.29 is 4.79 Å². The molecule has 1 fully saturated rings. The predicted molar refractivity (Wildman–Crippen MR) is 109 cm³/mol. The van der Waals surface area contributed by atoms with Crippen molar-refractivity contribution in [1.82, 2.24) is 14.9 Å². The molecule has 1 amide bonds. The zero-order valence-corrected chi connectivity index (χ0v) is 16.2. The molecular formula is C23H27N3O. The molecule has 140 valence electrons. The lowest BCUT2D eigenvalue weighted by Gasteiger charge is -2.22. The minimum absolute atomic E-state index is 0.0437. The van der Waals surface area contributed by atoms with Crippen LogP contribution in [0.3, 0.4) is 0 Å². The highest BCUT2D eigenvalue weighted by Gasteiger charge is 2.19. The molecule has 4 heteroatoms. The molecule has 3 aromatic rings. The second-order valence-electron chi connectivity index (χ2n) is 7.80. The van der Waals surface area contributed by atoms with Crippen molar-refractivity contribution in [3.8, 4) is 0 Å². The lowest BCUT2D eigenvalue weighted by Crippen LogP contribution is -2.36. The van der Waals surface area contributed by atoms with Gasteiger partial charge in [0.25, 0.3) is 5.91 Å². The van der Waals surface area contributed by atoms with Gasteiger partial charge in [-0.3, -0.25) is 4.79 Å². The number of aromatic nitrogens is 2. The first-order chi connectivity index (χ1) is 13.1. The van der Waals surface area contributed by atoms with Gasteiger partial charge in [-0.1, -0.05) is 49.1 Å². The lowest BCUT2D eigenvalue weighted by molar-refractivity contribution is 0.0923. The summed E-state index contributed by atoms with van der Waals surface area (Å²) < 4.78 is 2.09. The van der Waals surface area contributed by atoms with Crippen LogP contribution in [-0.4, -0.2) is 21.5 Å². The van der Waals surface area contributed by atoms with E-state index in [4.69, 9.17) is 0 Å². The Morgan fingerprint density at radius 3 is 2.63 bits per heavy atom. The van der Waals surface area contributed by atoms with Crippen molar-refractivity contribution in [3.05, 3.63) is 65.0 Å². The van der Waals surface area contributed by atoms with Crippen molar-refractivity contribution in [3.63, 3.8) is 0 Å². The topological polar surface area (TPSA) is 46.9 Å². The number of benzene rings is 1. The molecular weight excluding hydrogens is 334 g/mol. The molecule has 0 saturated heterocycles. The Hall–Kier alpha value is -2.62. The number of hydrogen-bond acceptors (Lipinski definition) is 2. The van der Waals surface area contributed by atoms with Crippen LogP contribution in [0, 0.1) is 6.92 Å². The zero-order valence-electron chi connectivity index (χ0n) is 16.2. The van der Waals surface area contributed by atoms with Gasteiger partial charge in [0.05, 0.1) is 11.0 Å². The molecule has 1 N–H and O–H groups in total. The van der Waals surface area contributed by atoms with Gasteiger partial charge in [-0.2, -0.15) is 0 Å². The molecule has 0 unspecified atom stereocenters. The van der Waals surface area contributed by atoms with E-state index in [1.54, 1.807) is 0 Å². The minimum atomic E-state index is -0.0437. The number of carbonyl (C=O) groups is 1. The number of pyridine rings is 1. The van der Waals surface area contributed by atoms with Gasteiger partial charge in [0.15, 0.2) is 0 Å². The third kappa shape index (κ3) is 3.90. The molecule has 27 heavy (non-hydrogen) atoms. The fourth-order valence-electron chi connectivity index (χ4n) is 4.08. The number of nitrogens with one attached hydrogen (secondary N) is 1. The first-order valence-electron chi connectivity index (χ1n) is 9.91. The van der Waals surface area contributed by atoms with Crippen molar-refractivity contribution in [2.24, 2.45) is 7.05 Å². The van der Waals surface area contributed by atoms with E-state index in [1.165, 1.54) is 30.4 Å². The molecule has 0 bridgehead atoms. The van der Waals surface area contributed by atoms with Crippen LogP contribution in [0.5, 0.6) is 0 Å². The molecule has 0 atom stereocenters. The first kappa shape index (κ1) is 17.8. The number of rotatable bonds is 4. The number of amides is 1. The maximum Gasteiger partial charge on any atom is 0.270 e. The number of carbonyl (C=O) groups excluding carboxylic acids is 1. The lowest BCUT2D eigenvalue weighted by atomic mass is 9.95. The molecule has 1 aliphatic rings. The molecule has 1 saturated carbocycles. The molecule has 1 aromatic carbocycles. The molecule has 2 heterocycles. The number of aryl methyl sites for hydroxylation is 2. The summed E-state index contributed by atoms with van der Waals surface area (Å²) in [7, 11) is 2.03. The Morgan fingerprint density at radius 1 is 1.15 bits per heavy atom. The summed E-state index contributed by atoms with van der Waals surface area (Å²) in [5.41, 5.74) is 6.16. The van der Waals surface area contributed by atoms with E-state index in [-0.39, 0.29) is 5.91 Å². The van der Waals surface area contributed by atoms with E-state index in [0.717, 1.165) is 35.9 Å². The van der Waals surface area contributed by atoms with Gasteiger partial charge in [0.1, 0.15) is 5.69 Å². The standard InChI is InChI=1S/C23H27N3O/c1-16-8-10-17(11-9-16)14-18-15-21(25-20-12-13-26(2)22(18)20)23(27)24-19-6-4-3-5-7-19/h8-13,15,19H,3-7,14H2,1-2H3,(H,24,27). The Morgan fingerprint density at radius 2 is 1.89 bits per heavy atom. The van der Waals surface area contributed by atoms with Gasteiger partial charge in [-0.25, -0.2) is 4.98 Å². The van der Waals surface area contributed by atoms with Crippen LogP contribution in [0.15, 0.2) is 42.6 Å². The predicted octanol–water partition coefficient (Wildman–Crippen LogP) is 4.54. The second kappa shape index (κ2) is 7.55. The number of nitrogens with zero attached hydrogens (tertiary/aromatic N) is 2. The third-order valence-corrected chi connectivity index (χ3v) is 5.60. The van der Waals surface area contributed by atoms with Gasteiger partial charge < -0.3 is 9.88 Å². The van der Waals surface area contributed by atoms with Crippen LogP contribution in [-0.2, 0) is 13.5 Å². The summed E-state index contributed by atoms with van der Waals surface area (Å²) in [6.07, 6.45) is 8.65. The number of fused-ring (bicyclic) bond motifs is 1. The van der Waals surface area contributed by atoms with Crippen molar-refractivity contribution >= 4 is 16.9 Å². The maximum atomic E-state index is 12.8. The monoisotopic (exact) mass is 361 g/mol. The fourth-order valence-corrected chi connectivity index (χ4v) is 4.08. The molecule has 1 aliphatic carbocycles. The van der Waals surface area contributed by atoms with Crippen LogP contribution in [0.4, 0.5) is 0 Å². The van der Waals surface area contributed by atoms with Crippen molar-refractivity contribution in [1.29, 1.82) is 0 Å². The molecule has 0 aliphatic heterocycles. The average molecular weight is 361 g/mol.